The molecule has 0 spiro atoms. The van der Waals surface area contributed by atoms with Crippen molar-refractivity contribution in [3.63, 3.8) is 0 Å². The smallest absolute Gasteiger partial charge is 0.273 e. The normalized spacial score (nSPS) is 12.6. The van der Waals surface area contributed by atoms with Crippen molar-refractivity contribution in [1.29, 1.82) is 0 Å². The molecule has 2 aromatic carbocycles. The topological polar surface area (TPSA) is 75.6 Å². The molecule has 1 amide bonds. The van der Waals surface area contributed by atoms with Gasteiger partial charge in [0, 0.05) is 11.9 Å². The Balaban J connectivity index is 1.66. The molecule has 1 unspecified atom stereocenters. The van der Waals surface area contributed by atoms with Crippen molar-refractivity contribution in [3.8, 4) is 0 Å². The number of nitrogens with zero attached hydrogens (tertiary/aromatic N) is 3. The summed E-state index contributed by atoms with van der Waals surface area (Å²) in [5.74, 6) is 0.641. The van der Waals surface area contributed by atoms with Crippen molar-refractivity contribution in [2.75, 3.05) is 0 Å². The number of carbonyl (C=O) groups excluding carboxylic acids is 1. The molecule has 1 atom stereocenters. The zero-order valence-electron chi connectivity index (χ0n) is 15.1. The van der Waals surface area contributed by atoms with E-state index >= 15 is 0 Å². The van der Waals surface area contributed by atoms with E-state index in [1.54, 1.807) is 0 Å². The van der Waals surface area contributed by atoms with Crippen LogP contribution >= 0.6 is 0 Å². The minimum absolute atomic E-state index is 0.205. The average molecular weight is 347 g/mol. The van der Waals surface area contributed by atoms with Gasteiger partial charge in [-0.2, -0.15) is 5.10 Å². The Labute approximate surface area is 151 Å². The van der Waals surface area contributed by atoms with Gasteiger partial charge in [-0.1, -0.05) is 23.8 Å². The lowest BCUT2D eigenvalue weighted by molar-refractivity contribution is 0.0934. The Morgan fingerprint density at radius 1 is 1.27 bits per heavy atom. The molecule has 0 saturated carbocycles. The van der Waals surface area contributed by atoms with Gasteiger partial charge in [-0.05, 0) is 45.0 Å². The van der Waals surface area contributed by atoms with Crippen LogP contribution in [0.15, 0.2) is 42.5 Å². The molecule has 0 aliphatic heterocycles. The summed E-state index contributed by atoms with van der Waals surface area (Å²) in [6.07, 6.45) is 0. The number of hydrogen-bond donors (Lipinski definition) is 2. The second-order valence-corrected chi connectivity index (χ2v) is 6.52. The number of fused-ring (bicyclic) bond motifs is 2. The number of H-pyrrole nitrogens is 1. The summed E-state index contributed by atoms with van der Waals surface area (Å²) >= 11 is 0. The summed E-state index contributed by atoms with van der Waals surface area (Å²) in [7, 11) is 0. The highest BCUT2D eigenvalue weighted by Crippen LogP contribution is 2.22. The summed E-state index contributed by atoms with van der Waals surface area (Å²) in [6, 6.07) is 13.7. The first-order chi connectivity index (χ1) is 12.6. The highest BCUT2D eigenvalue weighted by atomic mass is 16.2. The first-order valence-corrected chi connectivity index (χ1v) is 8.79. The minimum Gasteiger partial charge on any atom is -0.341 e. The molecule has 2 aromatic heterocycles. The Kier molecular flexibility index (Phi) is 3.95. The van der Waals surface area contributed by atoms with E-state index in [4.69, 9.17) is 4.98 Å². The number of aromatic nitrogens is 4. The largest absolute Gasteiger partial charge is 0.341 e. The monoisotopic (exact) mass is 347 g/mol. The van der Waals surface area contributed by atoms with Gasteiger partial charge in [0.15, 0.2) is 5.69 Å². The lowest BCUT2D eigenvalue weighted by Crippen LogP contribution is -2.29. The van der Waals surface area contributed by atoms with E-state index in [2.05, 4.69) is 27.0 Å². The summed E-state index contributed by atoms with van der Waals surface area (Å²) in [5, 5.41) is 11.0. The lowest BCUT2D eigenvalue weighted by atomic mass is 10.1. The van der Waals surface area contributed by atoms with Crippen molar-refractivity contribution in [1.82, 2.24) is 25.1 Å². The number of carbonyl (C=O) groups is 1. The Bertz CT molecular complexity index is 1110. The molecule has 2 N–H and O–H groups in total. The average Bonchev–Trinajstić information content (AvgIpc) is 3.22. The number of hydrogen-bond acceptors (Lipinski definition) is 3. The van der Waals surface area contributed by atoms with Crippen LogP contribution in [0.3, 0.4) is 0 Å². The van der Waals surface area contributed by atoms with Crippen LogP contribution < -0.4 is 5.32 Å². The molecule has 6 nitrogen and oxygen atoms in total. The third kappa shape index (κ3) is 2.63. The molecule has 0 radical (unpaired) electrons. The number of benzene rings is 2. The zero-order chi connectivity index (χ0) is 18.3. The van der Waals surface area contributed by atoms with E-state index < -0.39 is 0 Å². The van der Waals surface area contributed by atoms with Crippen LogP contribution in [-0.4, -0.2) is 25.7 Å². The Hall–Kier alpha value is -3.15. The minimum atomic E-state index is -0.230. The highest BCUT2D eigenvalue weighted by molar-refractivity contribution is 6.04. The highest BCUT2D eigenvalue weighted by Gasteiger charge is 2.21. The van der Waals surface area contributed by atoms with E-state index in [0.29, 0.717) is 5.69 Å². The molecule has 4 aromatic rings. The van der Waals surface area contributed by atoms with Crippen LogP contribution in [0.5, 0.6) is 0 Å². The van der Waals surface area contributed by atoms with E-state index in [1.807, 2.05) is 56.3 Å². The van der Waals surface area contributed by atoms with Crippen LogP contribution in [0.1, 0.15) is 41.8 Å². The third-order valence-electron chi connectivity index (χ3n) is 4.67. The van der Waals surface area contributed by atoms with E-state index in [-0.39, 0.29) is 11.9 Å². The molecule has 0 aliphatic carbocycles. The van der Waals surface area contributed by atoms with Gasteiger partial charge in [0.1, 0.15) is 5.82 Å². The van der Waals surface area contributed by atoms with Gasteiger partial charge >= 0.3 is 0 Å². The number of amides is 1. The van der Waals surface area contributed by atoms with Crippen molar-refractivity contribution in [2.24, 2.45) is 0 Å². The lowest BCUT2D eigenvalue weighted by Gasteiger charge is -2.14. The fraction of sp³-hybridized carbons (Fsp3) is 0.250. The quantitative estimate of drug-likeness (QED) is 0.590. The fourth-order valence-corrected chi connectivity index (χ4v) is 3.39. The van der Waals surface area contributed by atoms with Crippen LogP contribution in [0.25, 0.3) is 21.9 Å². The maximum absolute atomic E-state index is 12.8. The van der Waals surface area contributed by atoms with Gasteiger partial charge in [0.25, 0.3) is 5.91 Å². The summed E-state index contributed by atoms with van der Waals surface area (Å²) in [6.45, 7) is 6.82. The van der Waals surface area contributed by atoms with Gasteiger partial charge in [0.05, 0.1) is 22.6 Å². The molecule has 0 fully saturated rings. The van der Waals surface area contributed by atoms with Crippen molar-refractivity contribution in [3.05, 3.63) is 59.5 Å². The molecule has 26 heavy (non-hydrogen) atoms. The fourth-order valence-electron chi connectivity index (χ4n) is 3.39. The Morgan fingerprint density at radius 3 is 2.88 bits per heavy atom. The maximum Gasteiger partial charge on any atom is 0.273 e. The van der Waals surface area contributed by atoms with E-state index in [0.717, 1.165) is 39.9 Å². The van der Waals surface area contributed by atoms with Gasteiger partial charge in [-0.15, -0.1) is 0 Å². The van der Waals surface area contributed by atoms with E-state index in [9.17, 15) is 4.79 Å². The third-order valence-corrected chi connectivity index (χ3v) is 4.67. The Morgan fingerprint density at radius 2 is 2.08 bits per heavy atom. The number of imidazole rings is 1. The summed E-state index contributed by atoms with van der Waals surface area (Å²) < 4.78 is 2.13. The van der Waals surface area contributed by atoms with Crippen LogP contribution in [0, 0.1) is 6.92 Å². The molecule has 6 heteroatoms. The van der Waals surface area contributed by atoms with Gasteiger partial charge in [0.2, 0.25) is 0 Å². The van der Waals surface area contributed by atoms with Crippen molar-refractivity contribution < 1.29 is 4.79 Å². The second-order valence-electron chi connectivity index (χ2n) is 6.52. The van der Waals surface area contributed by atoms with Crippen LogP contribution in [0.4, 0.5) is 0 Å². The molecular weight excluding hydrogens is 326 g/mol. The molecule has 0 saturated heterocycles. The van der Waals surface area contributed by atoms with Crippen LogP contribution in [-0.2, 0) is 6.54 Å². The predicted molar refractivity (Wildman–Crippen MR) is 102 cm³/mol. The number of para-hydroxylation sites is 2. The number of rotatable bonds is 4. The van der Waals surface area contributed by atoms with Gasteiger partial charge in [-0.3, -0.25) is 9.89 Å². The second kappa shape index (κ2) is 6.29. The predicted octanol–water partition coefficient (Wildman–Crippen LogP) is 3.73. The standard InChI is InChI=1S/C20H21N5O/c1-4-25-17-8-6-5-7-16(17)22-19(25)13(3)21-20(26)18-14-11-12(2)9-10-15(14)23-24-18/h5-11,13H,4H2,1-3H3,(H,21,26)(H,23,24). The van der Waals surface area contributed by atoms with Gasteiger partial charge in [-0.25, -0.2) is 4.98 Å². The first-order valence-electron chi connectivity index (χ1n) is 8.79. The SMILES string of the molecule is CCn1c(C(C)NC(=O)c2n[nH]c3ccc(C)cc23)nc2ccccc21. The first kappa shape index (κ1) is 16.3. The molecule has 0 aliphatic rings. The molecular formula is C20H21N5O. The molecule has 2 heterocycles. The maximum atomic E-state index is 12.8. The molecule has 132 valence electrons. The van der Waals surface area contributed by atoms with Crippen LogP contribution in [0.2, 0.25) is 0 Å². The zero-order valence-corrected chi connectivity index (χ0v) is 15.1. The number of aryl methyl sites for hydroxylation is 2. The van der Waals surface area contributed by atoms with Crippen molar-refractivity contribution >= 4 is 27.8 Å². The summed E-state index contributed by atoms with van der Waals surface area (Å²) in [5.41, 5.74) is 4.37. The van der Waals surface area contributed by atoms with Gasteiger partial charge < -0.3 is 9.88 Å². The molecule has 0 bridgehead atoms. The summed E-state index contributed by atoms with van der Waals surface area (Å²) in [4.78, 5) is 17.5. The van der Waals surface area contributed by atoms with Crippen molar-refractivity contribution in [2.45, 2.75) is 33.4 Å². The van der Waals surface area contributed by atoms with E-state index in [1.165, 1.54) is 0 Å². The molecule has 4 rings (SSSR count). The number of nitrogens with one attached hydrogen (secondary N) is 2. The number of aromatic amines is 1.